The molecule has 1 aromatic rings. The molecule has 1 aromatic heterocycles. The Kier molecular flexibility index (Phi) is 4.75. The van der Waals surface area contributed by atoms with Gasteiger partial charge in [0.2, 0.25) is 0 Å². The van der Waals surface area contributed by atoms with E-state index in [1.54, 1.807) is 11.3 Å². The van der Waals surface area contributed by atoms with Gasteiger partial charge in [0.25, 0.3) is 0 Å². The topological polar surface area (TPSA) is 50.2 Å². The summed E-state index contributed by atoms with van der Waals surface area (Å²) in [5.41, 5.74) is 0.692. The molecule has 15 heavy (non-hydrogen) atoms. The van der Waals surface area contributed by atoms with Gasteiger partial charge in [0.15, 0.2) is 0 Å². The summed E-state index contributed by atoms with van der Waals surface area (Å²) < 4.78 is 0. The fraction of sp³-hybridized carbons (Fsp3) is 0.636. The molecule has 0 bridgehead atoms. The molecule has 4 heteroatoms. The summed E-state index contributed by atoms with van der Waals surface area (Å²) in [6, 6.07) is 0. The average Bonchev–Trinajstić information content (AvgIpc) is 2.61. The molecule has 1 rings (SSSR count). The van der Waals surface area contributed by atoms with E-state index in [0.717, 1.165) is 24.3 Å². The minimum Gasteiger partial charge on any atom is -0.481 e. The van der Waals surface area contributed by atoms with E-state index in [9.17, 15) is 4.79 Å². The van der Waals surface area contributed by atoms with Crippen molar-refractivity contribution >= 4 is 17.3 Å². The van der Waals surface area contributed by atoms with E-state index in [1.165, 1.54) is 0 Å². The van der Waals surface area contributed by atoms with Crippen molar-refractivity contribution in [3.8, 4) is 0 Å². The van der Waals surface area contributed by atoms with Crippen molar-refractivity contribution in [1.82, 2.24) is 4.98 Å². The molecule has 0 aromatic carbocycles. The molecule has 1 heterocycles. The Labute approximate surface area is 94.2 Å². The second-order valence-electron chi connectivity index (χ2n) is 3.64. The maximum atomic E-state index is 10.5. The van der Waals surface area contributed by atoms with Crippen LogP contribution in [0.1, 0.15) is 49.7 Å². The van der Waals surface area contributed by atoms with Crippen LogP contribution < -0.4 is 0 Å². The number of carbonyl (C=O) groups is 1. The van der Waals surface area contributed by atoms with Gasteiger partial charge in [-0.1, -0.05) is 20.3 Å². The van der Waals surface area contributed by atoms with Gasteiger partial charge < -0.3 is 5.11 Å². The molecule has 0 fully saturated rings. The number of thiazole rings is 1. The maximum Gasteiger partial charge on any atom is 0.309 e. The second kappa shape index (κ2) is 5.85. The van der Waals surface area contributed by atoms with Gasteiger partial charge in [-0.3, -0.25) is 4.79 Å². The Morgan fingerprint density at radius 3 is 2.87 bits per heavy atom. The van der Waals surface area contributed by atoms with Crippen LogP contribution in [0.5, 0.6) is 0 Å². The number of aromatic nitrogens is 1. The predicted molar refractivity (Wildman–Crippen MR) is 61.4 cm³/mol. The summed E-state index contributed by atoms with van der Waals surface area (Å²) in [7, 11) is 0. The fourth-order valence-electron chi connectivity index (χ4n) is 1.60. The molecular formula is C11H17NO2S. The Morgan fingerprint density at radius 2 is 2.33 bits per heavy atom. The lowest BCUT2D eigenvalue weighted by atomic mass is 10.0. The summed E-state index contributed by atoms with van der Waals surface area (Å²) in [6.45, 7) is 4.31. The highest BCUT2D eigenvalue weighted by molar-refractivity contribution is 7.09. The van der Waals surface area contributed by atoms with E-state index in [4.69, 9.17) is 5.11 Å². The van der Waals surface area contributed by atoms with E-state index in [-0.39, 0.29) is 6.42 Å². The molecule has 0 aliphatic rings. The Balaban J connectivity index is 2.68. The van der Waals surface area contributed by atoms with Gasteiger partial charge in [0.1, 0.15) is 0 Å². The first-order valence-corrected chi connectivity index (χ1v) is 6.21. The second-order valence-corrected chi connectivity index (χ2v) is 4.53. The molecule has 0 amide bonds. The van der Waals surface area contributed by atoms with Gasteiger partial charge in [-0.2, -0.15) is 0 Å². The molecule has 1 unspecified atom stereocenters. The van der Waals surface area contributed by atoms with Gasteiger partial charge in [0.05, 0.1) is 17.1 Å². The van der Waals surface area contributed by atoms with Crippen LogP contribution in [0.25, 0.3) is 0 Å². The van der Waals surface area contributed by atoms with Crippen LogP contribution in [0.4, 0.5) is 0 Å². The number of hydrogen-bond donors (Lipinski definition) is 1. The van der Waals surface area contributed by atoms with Gasteiger partial charge in [-0.05, 0) is 12.8 Å². The zero-order valence-electron chi connectivity index (χ0n) is 9.19. The van der Waals surface area contributed by atoms with Crippen molar-refractivity contribution in [1.29, 1.82) is 0 Å². The summed E-state index contributed by atoms with van der Waals surface area (Å²) in [4.78, 5) is 14.9. The largest absolute Gasteiger partial charge is 0.481 e. The lowest BCUT2D eigenvalue weighted by molar-refractivity contribution is -0.136. The van der Waals surface area contributed by atoms with E-state index in [1.807, 2.05) is 5.38 Å². The standard InChI is InChI=1S/C11H17NO2S/c1-3-5-8(4-2)11-12-9(7-15-11)6-10(13)14/h7-8H,3-6H2,1-2H3,(H,13,14). The van der Waals surface area contributed by atoms with Crippen molar-refractivity contribution in [2.24, 2.45) is 0 Å². The predicted octanol–water partition coefficient (Wildman–Crippen LogP) is 3.06. The first-order valence-electron chi connectivity index (χ1n) is 5.33. The van der Waals surface area contributed by atoms with Crippen LogP contribution in [0.15, 0.2) is 5.38 Å². The van der Waals surface area contributed by atoms with Crippen molar-refractivity contribution in [3.63, 3.8) is 0 Å². The minimum absolute atomic E-state index is 0.0407. The zero-order valence-corrected chi connectivity index (χ0v) is 10.0. The van der Waals surface area contributed by atoms with Crippen molar-refractivity contribution < 1.29 is 9.90 Å². The molecule has 3 nitrogen and oxygen atoms in total. The van der Waals surface area contributed by atoms with Gasteiger partial charge in [0, 0.05) is 11.3 Å². The first-order chi connectivity index (χ1) is 7.17. The number of carboxylic acid groups (broad SMARTS) is 1. The van der Waals surface area contributed by atoms with E-state index in [0.29, 0.717) is 11.6 Å². The molecule has 1 atom stereocenters. The quantitative estimate of drug-likeness (QED) is 0.812. The summed E-state index contributed by atoms with van der Waals surface area (Å²) in [5, 5.41) is 11.6. The molecule has 0 aliphatic heterocycles. The Hall–Kier alpha value is -0.900. The van der Waals surface area contributed by atoms with Crippen molar-refractivity contribution in [3.05, 3.63) is 16.1 Å². The normalized spacial score (nSPS) is 12.7. The number of carboxylic acids is 1. The molecule has 84 valence electrons. The average molecular weight is 227 g/mol. The summed E-state index contributed by atoms with van der Waals surface area (Å²) >= 11 is 1.59. The van der Waals surface area contributed by atoms with Gasteiger partial charge >= 0.3 is 5.97 Å². The van der Waals surface area contributed by atoms with Gasteiger partial charge in [-0.25, -0.2) is 4.98 Å². The maximum absolute atomic E-state index is 10.5. The monoisotopic (exact) mass is 227 g/mol. The molecule has 0 spiro atoms. The highest BCUT2D eigenvalue weighted by Gasteiger charge is 2.13. The number of aliphatic carboxylic acids is 1. The number of hydrogen-bond acceptors (Lipinski definition) is 3. The van der Waals surface area contributed by atoms with E-state index < -0.39 is 5.97 Å². The minimum atomic E-state index is -0.810. The molecule has 0 saturated heterocycles. The Morgan fingerprint density at radius 1 is 1.60 bits per heavy atom. The third-order valence-corrected chi connectivity index (χ3v) is 3.44. The third kappa shape index (κ3) is 3.63. The number of rotatable bonds is 6. The third-order valence-electron chi connectivity index (χ3n) is 2.38. The molecular weight excluding hydrogens is 210 g/mol. The smallest absolute Gasteiger partial charge is 0.309 e. The first kappa shape index (κ1) is 12.2. The van der Waals surface area contributed by atoms with Crippen molar-refractivity contribution in [2.45, 2.75) is 45.4 Å². The number of nitrogens with zero attached hydrogens (tertiary/aromatic N) is 1. The molecule has 0 aliphatic carbocycles. The summed E-state index contributed by atoms with van der Waals surface area (Å²) in [5.74, 6) is -0.307. The summed E-state index contributed by atoms with van der Waals surface area (Å²) in [6.07, 6.45) is 3.40. The Bertz CT molecular complexity index is 322. The highest BCUT2D eigenvalue weighted by Crippen LogP contribution is 2.27. The van der Waals surface area contributed by atoms with Crippen LogP contribution in [0, 0.1) is 0 Å². The molecule has 1 N–H and O–H groups in total. The van der Waals surface area contributed by atoms with E-state index >= 15 is 0 Å². The lowest BCUT2D eigenvalue weighted by Crippen LogP contribution is -2.01. The molecule has 0 radical (unpaired) electrons. The van der Waals surface area contributed by atoms with Crippen LogP contribution in [-0.2, 0) is 11.2 Å². The SMILES string of the molecule is CCCC(CC)c1nc(CC(=O)O)cs1. The van der Waals surface area contributed by atoms with Crippen LogP contribution in [0.3, 0.4) is 0 Å². The van der Waals surface area contributed by atoms with E-state index in [2.05, 4.69) is 18.8 Å². The van der Waals surface area contributed by atoms with Crippen LogP contribution >= 0.6 is 11.3 Å². The van der Waals surface area contributed by atoms with Crippen LogP contribution in [-0.4, -0.2) is 16.1 Å². The zero-order chi connectivity index (χ0) is 11.3. The van der Waals surface area contributed by atoms with Crippen molar-refractivity contribution in [2.75, 3.05) is 0 Å². The molecule has 0 saturated carbocycles. The fourth-order valence-corrected chi connectivity index (χ4v) is 2.64. The van der Waals surface area contributed by atoms with Crippen LogP contribution in [0.2, 0.25) is 0 Å². The van der Waals surface area contributed by atoms with Gasteiger partial charge in [-0.15, -0.1) is 11.3 Å². The lowest BCUT2D eigenvalue weighted by Gasteiger charge is -2.09. The highest BCUT2D eigenvalue weighted by atomic mass is 32.1.